The summed E-state index contributed by atoms with van der Waals surface area (Å²) in [5, 5.41) is 2.13. The topological polar surface area (TPSA) is 40.6 Å². The molecule has 5 heteroatoms. The van der Waals surface area contributed by atoms with Crippen molar-refractivity contribution in [2.45, 2.75) is 58.4 Å². The standard InChI is InChI=1S/C32H38N2O2S/c1-5-6-20-33(29(35)17-12-24-10-8-7-9-11-24)23-30(36)34-21-18-28-27(19-22-37-28)31(34)25-13-15-26(16-14-25)32(2,3)4/h7-17,19,22,31H,5-6,18,20-21,23H2,1-4H3/b17-12+. The van der Waals surface area contributed by atoms with Gasteiger partial charge in [0.25, 0.3) is 0 Å². The Hall–Kier alpha value is -3.18. The molecule has 2 aromatic carbocycles. The van der Waals surface area contributed by atoms with Crippen LogP contribution in [0, 0.1) is 0 Å². The number of carbonyl (C=O) groups is 2. The molecule has 0 bridgehead atoms. The van der Waals surface area contributed by atoms with Gasteiger partial charge in [0.05, 0.1) is 6.04 Å². The third kappa shape index (κ3) is 6.58. The maximum atomic E-state index is 13.8. The van der Waals surface area contributed by atoms with Gasteiger partial charge in [0.15, 0.2) is 0 Å². The summed E-state index contributed by atoms with van der Waals surface area (Å²) in [5.74, 6) is -0.121. The molecule has 0 fully saturated rings. The first-order chi connectivity index (χ1) is 17.8. The highest BCUT2D eigenvalue weighted by Gasteiger charge is 2.34. The lowest BCUT2D eigenvalue weighted by molar-refractivity contribution is -0.139. The second-order valence-electron chi connectivity index (χ2n) is 10.8. The molecule has 1 aromatic heterocycles. The van der Waals surface area contributed by atoms with Crippen LogP contribution in [0.3, 0.4) is 0 Å². The zero-order chi connectivity index (χ0) is 26.4. The maximum absolute atomic E-state index is 13.8. The summed E-state index contributed by atoms with van der Waals surface area (Å²) in [6.45, 7) is 10.1. The van der Waals surface area contributed by atoms with Crippen molar-refractivity contribution in [2.24, 2.45) is 0 Å². The third-order valence-corrected chi connectivity index (χ3v) is 8.01. The average molecular weight is 515 g/mol. The van der Waals surface area contributed by atoms with Crippen LogP contribution in [0.2, 0.25) is 0 Å². The van der Waals surface area contributed by atoms with Gasteiger partial charge in [-0.3, -0.25) is 9.59 Å². The number of thiophene rings is 1. The predicted octanol–water partition coefficient (Wildman–Crippen LogP) is 6.86. The lowest BCUT2D eigenvalue weighted by Gasteiger charge is -2.37. The molecule has 1 aliphatic rings. The Labute approximate surface area is 225 Å². The first-order valence-electron chi connectivity index (χ1n) is 13.3. The molecule has 0 aliphatic carbocycles. The summed E-state index contributed by atoms with van der Waals surface area (Å²) in [5.41, 5.74) is 4.65. The SMILES string of the molecule is CCCCN(CC(=O)N1CCc2sccc2C1c1ccc(C(C)(C)C)cc1)C(=O)/C=C/c1ccccc1. The Morgan fingerprint density at radius 1 is 1.05 bits per heavy atom. The van der Waals surface area contributed by atoms with Gasteiger partial charge in [-0.25, -0.2) is 0 Å². The number of amides is 2. The first-order valence-corrected chi connectivity index (χ1v) is 14.1. The van der Waals surface area contributed by atoms with E-state index in [1.165, 1.54) is 16.0 Å². The molecular weight excluding hydrogens is 476 g/mol. The summed E-state index contributed by atoms with van der Waals surface area (Å²) in [7, 11) is 0. The number of rotatable bonds is 8. The normalized spacial score (nSPS) is 15.6. The molecule has 3 aromatic rings. The molecule has 0 N–H and O–H groups in total. The molecule has 0 saturated carbocycles. The van der Waals surface area contributed by atoms with Crippen molar-refractivity contribution in [1.82, 2.24) is 9.80 Å². The van der Waals surface area contributed by atoms with E-state index in [0.29, 0.717) is 13.1 Å². The second kappa shape index (κ2) is 11.9. The first kappa shape index (κ1) is 26.9. The average Bonchev–Trinajstić information content (AvgIpc) is 3.38. The van der Waals surface area contributed by atoms with Crippen LogP contribution in [0.1, 0.15) is 73.7 Å². The van der Waals surface area contributed by atoms with Gasteiger partial charge in [0.1, 0.15) is 6.54 Å². The molecule has 0 saturated heterocycles. The molecule has 1 atom stereocenters. The minimum absolute atomic E-state index is 0.000637. The summed E-state index contributed by atoms with van der Waals surface area (Å²) in [6, 6.07) is 20.5. The highest BCUT2D eigenvalue weighted by Crippen LogP contribution is 2.38. The number of nitrogens with zero attached hydrogens (tertiary/aromatic N) is 2. The van der Waals surface area contributed by atoms with Crippen LogP contribution < -0.4 is 0 Å². The Morgan fingerprint density at radius 3 is 2.46 bits per heavy atom. The van der Waals surface area contributed by atoms with E-state index >= 15 is 0 Å². The summed E-state index contributed by atoms with van der Waals surface area (Å²) in [6.07, 6.45) is 6.10. The highest BCUT2D eigenvalue weighted by molar-refractivity contribution is 7.10. The summed E-state index contributed by atoms with van der Waals surface area (Å²) < 4.78 is 0. The van der Waals surface area contributed by atoms with Gasteiger partial charge in [0, 0.05) is 24.0 Å². The number of hydrogen-bond donors (Lipinski definition) is 0. The molecule has 0 radical (unpaired) electrons. The number of fused-ring (bicyclic) bond motifs is 1. The van der Waals surface area contributed by atoms with Crippen LogP contribution in [-0.2, 0) is 21.4 Å². The van der Waals surface area contributed by atoms with E-state index < -0.39 is 0 Å². The quantitative estimate of drug-likeness (QED) is 0.308. The lowest BCUT2D eigenvalue weighted by atomic mass is 9.85. The van der Waals surface area contributed by atoms with Crippen LogP contribution in [-0.4, -0.2) is 41.2 Å². The Balaban J connectivity index is 1.57. The Bertz CT molecular complexity index is 1220. The molecule has 2 amide bonds. The number of benzene rings is 2. The monoisotopic (exact) mass is 514 g/mol. The van der Waals surface area contributed by atoms with Gasteiger partial charge in [-0.05, 0) is 58.0 Å². The van der Waals surface area contributed by atoms with Crippen LogP contribution in [0.5, 0.6) is 0 Å². The largest absolute Gasteiger partial charge is 0.330 e. The van der Waals surface area contributed by atoms with Crippen molar-refractivity contribution in [3.63, 3.8) is 0 Å². The van der Waals surface area contributed by atoms with Crippen LogP contribution in [0.25, 0.3) is 6.08 Å². The van der Waals surface area contributed by atoms with Crippen LogP contribution >= 0.6 is 11.3 Å². The van der Waals surface area contributed by atoms with Gasteiger partial charge < -0.3 is 9.80 Å². The van der Waals surface area contributed by atoms with E-state index in [2.05, 4.69) is 63.4 Å². The number of unbranched alkanes of at least 4 members (excludes halogenated alkanes) is 1. The van der Waals surface area contributed by atoms with Gasteiger partial charge >= 0.3 is 0 Å². The molecule has 4 rings (SSSR count). The van der Waals surface area contributed by atoms with Crippen molar-refractivity contribution in [3.05, 3.63) is 99.3 Å². The molecule has 0 spiro atoms. The predicted molar refractivity (Wildman–Crippen MR) is 154 cm³/mol. The third-order valence-electron chi connectivity index (χ3n) is 7.02. The van der Waals surface area contributed by atoms with E-state index in [1.807, 2.05) is 41.3 Å². The van der Waals surface area contributed by atoms with Gasteiger partial charge in [-0.1, -0.05) is 88.7 Å². The minimum atomic E-state index is -0.125. The van der Waals surface area contributed by atoms with E-state index in [9.17, 15) is 9.59 Å². The fraction of sp³-hybridized carbons (Fsp3) is 0.375. The number of carbonyl (C=O) groups excluding carboxylic acids is 2. The summed E-state index contributed by atoms with van der Waals surface area (Å²) >= 11 is 1.77. The van der Waals surface area contributed by atoms with Crippen molar-refractivity contribution < 1.29 is 9.59 Å². The molecular formula is C32H38N2O2S. The lowest BCUT2D eigenvalue weighted by Crippen LogP contribution is -2.46. The van der Waals surface area contributed by atoms with E-state index in [-0.39, 0.29) is 29.8 Å². The Morgan fingerprint density at radius 2 is 1.78 bits per heavy atom. The van der Waals surface area contributed by atoms with Crippen LogP contribution in [0.15, 0.2) is 72.1 Å². The molecule has 2 heterocycles. The zero-order valence-electron chi connectivity index (χ0n) is 22.4. The molecule has 4 nitrogen and oxygen atoms in total. The number of hydrogen-bond acceptors (Lipinski definition) is 3. The molecule has 1 unspecified atom stereocenters. The fourth-order valence-electron chi connectivity index (χ4n) is 4.82. The smallest absolute Gasteiger partial charge is 0.247 e. The van der Waals surface area contributed by atoms with Crippen molar-refractivity contribution in [1.29, 1.82) is 0 Å². The fourth-order valence-corrected chi connectivity index (χ4v) is 5.72. The second-order valence-corrected chi connectivity index (χ2v) is 11.8. The van der Waals surface area contributed by atoms with Crippen molar-refractivity contribution in [2.75, 3.05) is 19.6 Å². The van der Waals surface area contributed by atoms with Gasteiger partial charge in [-0.15, -0.1) is 11.3 Å². The minimum Gasteiger partial charge on any atom is -0.330 e. The maximum Gasteiger partial charge on any atom is 0.247 e. The molecule has 194 valence electrons. The van der Waals surface area contributed by atoms with E-state index in [4.69, 9.17) is 0 Å². The van der Waals surface area contributed by atoms with Gasteiger partial charge in [0.2, 0.25) is 11.8 Å². The van der Waals surface area contributed by atoms with E-state index in [1.54, 1.807) is 22.3 Å². The summed E-state index contributed by atoms with van der Waals surface area (Å²) in [4.78, 5) is 32.0. The van der Waals surface area contributed by atoms with Crippen LogP contribution in [0.4, 0.5) is 0 Å². The van der Waals surface area contributed by atoms with Crippen molar-refractivity contribution >= 4 is 29.2 Å². The van der Waals surface area contributed by atoms with Gasteiger partial charge in [-0.2, -0.15) is 0 Å². The zero-order valence-corrected chi connectivity index (χ0v) is 23.3. The molecule has 1 aliphatic heterocycles. The highest BCUT2D eigenvalue weighted by atomic mass is 32.1. The van der Waals surface area contributed by atoms with Crippen molar-refractivity contribution in [3.8, 4) is 0 Å². The Kier molecular flexibility index (Phi) is 8.65. The molecule has 37 heavy (non-hydrogen) atoms. The van der Waals surface area contributed by atoms with E-state index in [0.717, 1.165) is 30.4 Å².